The Hall–Kier alpha value is -0.200. The standard InChI is InChI=1S/C14H29N3O2/c1-15-14-4-5-19-10-11(14)7-17-9-13(18)6-12(17)8-16(2)3/h11-15,18H,4-10H2,1-3H3. The Bertz CT molecular complexity index is 275. The molecular formula is C14H29N3O2. The average Bonchev–Trinajstić information content (AvgIpc) is 2.69. The summed E-state index contributed by atoms with van der Waals surface area (Å²) in [6.07, 6.45) is 1.83. The van der Waals surface area contributed by atoms with Crippen LogP contribution in [0.1, 0.15) is 12.8 Å². The predicted molar refractivity (Wildman–Crippen MR) is 76.3 cm³/mol. The van der Waals surface area contributed by atoms with E-state index in [1.807, 2.05) is 7.05 Å². The van der Waals surface area contributed by atoms with E-state index in [0.717, 1.165) is 45.7 Å². The minimum absolute atomic E-state index is 0.164. The Kier molecular flexibility index (Phi) is 5.59. The van der Waals surface area contributed by atoms with Gasteiger partial charge in [-0.2, -0.15) is 0 Å². The van der Waals surface area contributed by atoms with Crippen molar-refractivity contribution in [2.45, 2.75) is 31.0 Å². The van der Waals surface area contributed by atoms with Crippen LogP contribution in [0.25, 0.3) is 0 Å². The highest BCUT2D eigenvalue weighted by Gasteiger charge is 2.35. The van der Waals surface area contributed by atoms with Crippen molar-refractivity contribution >= 4 is 0 Å². The van der Waals surface area contributed by atoms with Crippen LogP contribution in [0, 0.1) is 5.92 Å². The Labute approximate surface area is 116 Å². The van der Waals surface area contributed by atoms with Crippen LogP contribution in [-0.4, -0.2) is 87.1 Å². The molecule has 4 atom stereocenters. The number of aliphatic hydroxyl groups is 1. The summed E-state index contributed by atoms with van der Waals surface area (Å²) in [4.78, 5) is 4.66. The van der Waals surface area contributed by atoms with Gasteiger partial charge in [0.05, 0.1) is 12.7 Å². The lowest BCUT2D eigenvalue weighted by molar-refractivity contribution is 0.0142. The molecule has 0 saturated carbocycles. The van der Waals surface area contributed by atoms with E-state index < -0.39 is 0 Å². The number of likely N-dealkylation sites (tertiary alicyclic amines) is 1. The molecular weight excluding hydrogens is 242 g/mol. The van der Waals surface area contributed by atoms with E-state index in [4.69, 9.17) is 4.74 Å². The van der Waals surface area contributed by atoms with Gasteiger partial charge in [0.2, 0.25) is 0 Å². The lowest BCUT2D eigenvalue weighted by Crippen LogP contribution is -2.49. The molecule has 4 unspecified atom stereocenters. The topological polar surface area (TPSA) is 48.0 Å². The number of hydrogen-bond acceptors (Lipinski definition) is 5. The van der Waals surface area contributed by atoms with Gasteiger partial charge < -0.3 is 20.1 Å². The highest BCUT2D eigenvalue weighted by Crippen LogP contribution is 2.23. The maximum Gasteiger partial charge on any atom is 0.0682 e. The second kappa shape index (κ2) is 6.99. The van der Waals surface area contributed by atoms with Crippen LogP contribution in [-0.2, 0) is 4.74 Å². The summed E-state index contributed by atoms with van der Waals surface area (Å²) >= 11 is 0. The van der Waals surface area contributed by atoms with Gasteiger partial charge in [-0.05, 0) is 34.0 Å². The molecule has 0 amide bonds. The Balaban J connectivity index is 1.91. The normalized spacial score (nSPS) is 37.1. The second-order valence-electron chi connectivity index (χ2n) is 6.28. The van der Waals surface area contributed by atoms with Gasteiger partial charge in [-0.3, -0.25) is 4.90 Å². The molecule has 2 rings (SSSR count). The number of nitrogens with one attached hydrogen (secondary N) is 1. The molecule has 0 radical (unpaired) electrons. The lowest BCUT2D eigenvalue weighted by Gasteiger charge is -2.36. The number of likely N-dealkylation sites (N-methyl/N-ethyl adjacent to an activating group) is 1. The van der Waals surface area contributed by atoms with Crippen LogP contribution in [0.4, 0.5) is 0 Å². The molecule has 2 heterocycles. The number of hydrogen-bond donors (Lipinski definition) is 2. The van der Waals surface area contributed by atoms with Gasteiger partial charge in [-0.1, -0.05) is 0 Å². The zero-order valence-electron chi connectivity index (χ0n) is 12.5. The van der Waals surface area contributed by atoms with E-state index in [0.29, 0.717) is 18.0 Å². The SMILES string of the molecule is CNC1CCOCC1CN1CC(O)CC1CN(C)C. The van der Waals surface area contributed by atoms with E-state index in [1.165, 1.54) is 0 Å². The van der Waals surface area contributed by atoms with Crippen LogP contribution in [0.15, 0.2) is 0 Å². The van der Waals surface area contributed by atoms with Crippen LogP contribution in [0.3, 0.4) is 0 Å². The molecule has 2 N–H and O–H groups in total. The molecule has 5 heteroatoms. The maximum atomic E-state index is 9.93. The third kappa shape index (κ3) is 4.13. The molecule has 0 aromatic heterocycles. The van der Waals surface area contributed by atoms with E-state index in [9.17, 15) is 5.11 Å². The molecule has 2 aliphatic rings. The van der Waals surface area contributed by atoms with Crippen LogP contribution in [0.2, 0.25) is 0 Å². The molecule has 0 aromatic carbocycles. The fourth-order valence-corrected chi connectivity index (χ4v) is 3.45. The first-order valence-corrected chi connectivity index (χ1v) is 7.42. The summed E-state index contributed by atoms with van der Waals surface area (Å²) in [5, 5.41) is 13.3. The first-order valence-electron chi connectivity index (χ1n) is 7.42. The average molecular weight is 271 g/mol. The molecule has 2 fully saturated rings. The Morgan fingerprint density at radius 3 is 2.89 bits per heavy atom. The first-order chi connectivity index (χ1) is 9.10. The fourth-order valence-electron chi connectivity index (χ4n) is 3.45. The zero-order valence-corrected chi connectivity index (χ0v) is 12.5. The van der Waals surface area contributed by atoms with Crippen molar-refractivity contribution < 1.29 is 9.84 Å². The molecule has 0 aliphatic carbocycles. The Morgan fingerprint density at radius 1 is 1.42 bits per heavy atom. The minimum Gasteiger partial charge on any atom is -0.392 e. The number of nitrogens with zero attached hydrogens (tertiary/aromatic N) is 2. The first kappa shape index (κ1) is 15.2. The fraction of sp³-hybridized carbons (Fsp3) is 1.00. The van der Waals surface area contributed by atoms with Gasteiger partial charge in [0.15, 0.2) is 0 Å². The van der Waals surface area contributed by atoms with Crippen molar-refractivity contribution in [3.05, 3.63) is 0 Å². The highest BCUT2D eigenvalue weighted by atomic mass is 16.5. The van der Waals surface area contributed by atoms with E-state index in [-0.39, 0.29) is 6.10 Å². The van der Waals surface area contributed by atoms with Crippen molar-refractivity contribution in [3.8, 4) is 0 Å². The molecule has 19 heavy (non-hydrogen) atoms. The van der Waals surface area contributed by atoms with Gasteiger partial charge in [-0.15, -0.1) is 0 Å². The van der Waals surface area contributed by atoms with Crippen LogP contribution in [0.5, 0.6) is 0 Å². The molecule has 0 aromatic rings. The number of ether oxygens (including phenoxy) is 1. The number of β-amino-alcohol motifs (C(OH)–C–C–N with tert-alkyl or cyclic N) is 1. The van der Waals surface area contributed by atoms with E-state index >= 15 is 0 Å². The third-order valence-electron chi connectivity index (χ3n) is 4.40. The quantitative estimate of drug-likeness (QED) is 0.713. The van der Waals surface area contributed by atoms with Gasteiger partial charge >= 0.3 is 0 Å². The van der Waals surface area contributed by atoms with Gasteiger partial charge in [0.25, 0.3) is 0 Å². The summed E-state index contributed by atoms with van der Waals surface area (Å²) in [5.41, 5.74) is 0. The number of rotatable bonds is 5. The molecule has 0 spiro atoms. The summed E-state index contributed by atoms with van der Waals surface area (Å²) in [6.45, 7) is 4.57. The summed E-state index contributed by atoms with van der Waals surface area (Å²) < 4.78 is 5.63. The van der Waals surface area contributed by atoms with Crippen molar-refractivity contribution in [2.75, 3.05) is 54.0 Å². The van der Waals surface area contributed by atoms with Crippen LogP contribution >= 0.6 is 0 Å². The van der Waals surface area contributed by atoms with E-state index in [1.54, 1.807) is 0 Å². The summed E-state index contributed by atoms with van der Waals surface area (Å²) in [6, 6.07) is 1.02. The maximum absolute atomic E-state index is 9.93. The minimum atomic E-state index is -0.164. The summed E-state index contributed by atoms with van der Waals surface area (Å²) in [5.74, 6) is 0.536. The third-order valence-corrected chi connectivity index (χ3v) is 4.40. The van der Waals surface area contributed by atoms with Gasteiger partial charge in [0, 0.05) is 44.2 Å². The molecule has 2 aliphatic heterocycles. The molecule has 5 nitrogen and oxygen atoms in total. The summed E-state index contributed by atoms with van der Waals surface area (Å²) in [7, 11) is 6.24. The van der Waals surface area contributed by atoms with Crippen molar-refractivity contribution in [1.82, 2.24) is 15.1 Å². The zero-order chi connectivity index (χ0) is 13.8. The van der Waals surface area contributed by atoms with E-state index in [2.05, 4.69) is 29.2 Å². The highest BCUT2D eigenvalue weighted by molar-refractivity contribution is 4.90. The van der Waals surface area contributed by atoms with Gasteiger partial charge in [0.1, 0.15) is 0 Å². The van der Waals surface area contributed by atoms with Crippen molar-refractivity contribution in [3.63, 3.8) is 0 Å². The number of aliphatic hydroxyl groups excluding tert-OH is 1. The van der Waals surface area contributed by atoms with Crippen LogP contribution < -0.4 is 5.32 Å². The van der Waals surface area contributed by atoms with Crippen molar-refractivity contribution in [1.29, 1.82) is 0 Å². The second-order valence-corrected chi connectivity index (χ2v) is 6.28. The molecule has 0 bridgehead atoms. The Morgan fingerprint density at radius 2 is 2.21 bits per heavy atom. The molecule has 2 saturated heterocycles. The predicted octanol–water partition coefficient (Wildman–Crippen LogP) is -0.392. The van der Waals surface area contributed by atoms with Crippen molar-refractivity contribution in [2.24, 2.45) is 5.92 Å². The largest absolute Gasteiger partial charge is 0.392 e. The smallest absolute Gasteiger partial charge is 0.0682 e. The van der Waals surface area contributed by atoms with Gasteiger partial charge in [-0.25, -0.2) is 0 Å². The lowest BCUT2D eigenvalue weighted by atomic mass is 9.95. The monoisotopic (exact) mass is 271 g/mol. The molecule has 112 valence electrons.